The molecule has 0 spiro atoms. The zero-order valence-corrected chi connectivity index (χ0v) is 16.0. The lowest BCUT2D eigenvalue weighted by Crippen LogP contribution is -2.43. The number of aromatic nitrogens is 3. The fourth-order valence-corrected chi connectivity index (χ4v) is 3.86. The molecule has 1 atom stereocenters. The molecule has 146 valence electrons. The summed E-state index contributed by atoms with van der Waals surface area (Å²) in [6, 6.07) is 6.95. The van der Waals surface area contributed by atoms with E-state index < -0.39 is 0 Å². The van der Waals surface area contributed by atoms with Crippen LogP contribution in [0.25, 0.3) is 22.0 Å². The second-order valence-electron chi connectivity index (χ2n) is 6.95. The number of anilines is 1. The van der Waals surface area contributed by atoms with Crippen molar-refractivity contribution in [2.45, 2.75) is 18.9 Å². The monoisotopic (exact) mass is 401 g/mol. The van der Waals surface area contributed by atoms with Gasteiger partial charge in [-0.05, 0) is 43.7 Å². The Bertz CT molecular complexity index is 984. The van der Waals surface area contributed by atoms with Crippen LogP contribution in [0.5, 0.6) is 5.75 Å². The highest BCUT2D eigenvalue weighted by Gasteiger charge is 2.21. The Kier molecular flexibility index (Phi) is 5.54. The van der Waals surface area contributed by atoms with Gasteiger partial charge in [-0.25, -0.2) is 4.39 Å². The van der Waals surface area contributed by atoms with Gasteiger partial charge in [-0.3, -0.25) is 9.88 Å². The van der Waals surface area contributed by atoms with E-state index in [9.17, 15) is 9.50 Å². The van der Waals surface area contributed by atoms with Crippen molar-refractivity contribution >= 4 is 28.2 Å². The lowest BCUT2D eigenvalue weighted by Gasteiger charge is -2.32. The van der Waals surface area contributed by atoms with E-state index >= 15 is 0 Å². The molecule has 8 heteroatoms. The lowest BCUT2D eigenvalue weighted by atomic mass is 10.0. The zero-order chi connectivity index (χ0) is 19.5. The molecule has 0 saturated carbocycles. The number of nitrogens with zero attached hydrogens (tertiary/aromatic N) is 4. The van der Waals surface area contributed by atoms with Crippen LogP contribution >= 0.6 is 11.6 Å². The van der Waals surface area contributed by atoms with E-state index in [1.807, 2.05) is 6.07 Å². The summed E-state index contributed by atoms with van der Waals surface area (Å²) < 4.78 is 12.7. The Morgan fingerprint density at radius 2 is 2.14 bits per heavy atom. The van der Waals surface area contributed by atoms with Gasteiger partial charge in [0.25, 0.3) is 0 Å². The summed E-state index contributed by atoms with van der Waals surface area (Å²) in [4.78, 5) is 6.35. The van der Waals surface area contributed by atoms with Crippen molar-refractivity contribution < 1.29 is 9.50 Å². The van der Waals surface area contributed by atoms with Crippen molar-refractivity contribution in [3.63, 3.8) is 0 Å². The van der Waals surface area contributed by atoms with Crippen molar-refractivity contribution in [2.24, 2.45) is 0 Å². The first-order chi connectivity index (χ1) is 13.7. The number of likely N-dealkylation sites (tertiary alicyclic amines) is 1. The van der Waals surface area contributed by atoms with Gasteiger partial charge >= 0.3 is 0 Å². The smallest absolute Gasteiger partial charge is 0.158 e. The number of hydrogen-bond acceptors (Lipinski definition) is 6. The predicted octanol–water partition coefficient (Wildman–Crippen LogP) is 3.90. The van der Waals surface area contributed by atoms with E-state index in [0.717, 1.165) is 36.7 Å². The maximum atomic E-state index is 12.7. The summed E-state index contributed by atoms with van der Waals surface area (Å²) in [5.74, 6) is 0.696. The van der Waals surface area contributed by atoms with Crippen LogP contribution in [0.4, 0.5) is 10.2 Å². The molecule has 0 aliphatic carbocycles. The Labute approximate surface area is 167 Å². The van der Waals surface area contributed by atoms with E-state index in [1.54, 1.807) is 24.5 Å². The first kappa shape index (κ1) is 18.8. The third kappa shape index (κ3) is 3.86. The topological polar surface area (TPSA) is 74.2 Å². The summed E-state index contributed by atoms with van der Waals surface area (Å²) in [7, 11) is 0. The second kappa shape index (κ2) is 8.24. The number of phenolic OH excluding ortho intramolecular Hbond substituents is 1. The number of fused-ring (bicyclic) bond motifs is 1. The largest absolute Gasteiger partial charge is 0.507 e. The molecule has 28 heavy (non-hydrogen) atoms. The summed E-state index contributed by atoms with van der Waals surface area (Å²) in [5, 5.41) is 24.6. The number of benzene rings is 1. The van der Waals surface area contributed by atoms with E-state index in [-0.39, 0.29) is 18.5 Å². The van der Waals surface area contributed by atoms with Crippen LogP contribution in [0.15, 0.2) is 36.7 Å². The lowest BCUT2D eigenvalue weighted by molar-refractivity contribution is 0.200. The highest BCUT2D eigenvalue weighted by molar-refractivity contribution is 6.30. The van der Waals surface area contributed by atoms with Gasteiger partial charge in [-0.15, -0.1) is 10.2 Å². The molecule has 2 aromatic heterocycles. The normalized spacial score (nSPS) is 17.7. The summed E-state index contributed by atoms with van der Waals surface area (Å²) in [6.45, 7) is 1.82. The first-order valence-corrected chi connectivity index (χ1v) is 9.67. The molecule has 4 rings (SSSR count). The molecule has 0 radical (unpaired) electrons. The maximum absolute atomic E-state index is 12.7. The maximum Gasteiger partial charge on any atom is 0.158 e. The minimum atomic E-state index is -0.335. The van der Waals surface area contributed by atoms with Gasteiger partial charge in [0.2, 0.25) is 0 Å². The molecule has 6 nitrogen and oxygen atoms in total. The average Bonchev–Trinajstić information content (AvgIpc) is 2.69. The number of nitrogens with one attached hydrogen (secondary N) is 1. The fraction of sp³-hybridized carbons (Fsp3) is 0.350. The Balaban J connectivity index is 1.68. The molecule has 1 fully saturated rings. The fourth-order valence-electron chi connectivity index (χ4n) is 3.70. The summed E-state index contributed by atoms with van der Waals surface area (Å²) in [5.41, 5.74) is 1.13. The van der Waals surface area contributed by atoms with Gasteiger partial charge in [0.15, 0.2) is 5.82 Å². The molecule has 1 unspecified atom stereocenters. The van der Waals surface area contributed by atoms with Gasteiger partial charge < -0.3 is 10.4 Å². The van der Waals surface area contributed by atoms with Crippen LogP contribution in [0.3, 0.4) is 0 Å². The Morgan fingerprint density at radius 1 is 1.25 bits per heavy atom. The third-order valence-electron chi connectivity index (χ3n) is 5.04. The van der Waals surface area contributed by atoms with Crippen LogP contribution in [0.2, 0.25) is 5.02 Å². The molecule has 3 heterocycles. The zero-order valence-electron chi connectivity index (χ0n) is 15.3. The van der Waals surface area contributed by atoms with Gasteiger partial charge in [-0.2, -0.15) is 0 Å². The van der Waals surface area contributed by atoms with Crippen molar-refractivity contribution in [2.75, 3.05) is 31.6 Å². The van der Waals surface area contributed by atoms with Crippen LogP contribution in [0.1, 0.15) is 12.8 Å². The predicted molar refractivity (Wildman–Crippen MR) is 109 cm³/mol. The molecule has 3 aromatic rings. The van der Waals surface area contributed by atoms with E-state index in [2.05, 4.69) is 25.4 Å². The van der Waals surface area contributed by atoms with E-state index in [4.69, 9.17) is 11.6 Å². The molecular formula is C20H21ClFN5O. The van der Waals surface area contributed by atoms with E-state index in [1.165, 1.54) is 6.07 Å². The Morgan fingerprint density at radius 3 is 2.96 bits per heavy atom. The second-order valence-corrected chi connectivity index (χ2v) is 7.39. The molecule has 0 bridgehead atoms. The first-order valence-electron chi connectivity index (χ1n) is 9.30. The average molecular weight is 402 g/mol. The molecule has 1 aromatic carbocycles. The van der Waals surface area contributed by atoms with Crippen molar-refractivity contribution in [1.82, 2.24) is 20.1 Å². The van der Waals surface area contributed by atoms with E-state index in [0.29, 0.717) is 28.6 Å². The van der Waals surface area contributed by atoms with Crippen molar-refractivity contribution in [3.8, 4) is 17.0 Å². The number of alkyl halides is 1. The number of piperidine rings is 1. The molecule has 2 N–H and O–H groups in total. The minimum absolute atomic E-state index is 0.0507. The van der Waals surface area contributed by atoms with Crippen LogP contribution in [-0.2, 0) is 0 Å². The number of aromatic hydroxyl groups is 1. The van der Waals surface area contributed by atoms with Crippen molar-refractivity contribution in [3.05, 3.63) is 41.7 Å². The van der Waals surface area contributed by atoms with Gasteiger partial charge in [0.05, 0.1) is 0 Å². The Hall–Kier alpha value is -2.51. The summed E-state index contributed by atoms with van der Waals surface area (Å²) >= 11 is 5.95. The van der Waals surface area contributed by atoms with Gasteiger partial charge in [-0.1, -0.05) is 11.6 Å². The SMILES string of the molecule is Oc1cc(Cl)ccc1-c1nnc(NC2CCCN(CCF)C2)c2cnccc12. The number of hydrogen-bond donors (Lipinski definition) is 2. The van der Waals surface area contributed by atoms with Crippen LogP contribution < -0.4 is 5.32 Å². The molecule has 1 aliphatic heterocycles. The number of phenols is 1. The minimum Gasteiger partial charge on any atom is -0.507 e. The molecule has 1 aliphatic rings. The summed E-state index contributed by atoms with van der Waals surface area (Å²) in [6.07, 6.45) is 5.43. The number of rotatable bonds is 5. The third-order valence-corrected chi connectivity index (χ3v) is 5.28. The number of pyridine rings is 1. The molecular weight excluding hydrogens is 381 g/mol. The highest BCUT2D eigenvalue weighted by Crippen LogP contribution is 2.35. The number of halogens is 2. The van der Waals surface area contributed by atoms with Gasteiger partial charge in [0.1, 0.15) is 18.1 Å². The quantitative estimate of drug-likeness (QED) is 0.675. The van der Waals surface area contributed by atoms with Crippen LogP contribution in [0, 0.1) is 0 Å². The van der Waals surface area contributed by atoms with Crippen LogP contribution in [-0.4, -0.2) is 57.5 Å². The highest BCUT2D eigenvalue weighted by atomic mass is 35.5. The molecule has 0 amide bonds. The molecule has 1 saturated heterocycles. The standard InChI is InChI=1S/C20H21ClFN5O/c21-13-3-4-16(18(28)10-13)19-15-5-7-23-11-17(15)20(26-25-19)24-14-2-1-8-27(12-14)9-6-22/h3-5,7,10-11,14,28H,1-2,6,8-9,12H2,(H,24,26). The van der Waals surface area contributed by atoms with Crippen molar-refractivity contribution in [1.29, 1.82) is 0 Å². The van der Waals surface area contributed by atoms with Gasteiger partial charge in [0, 0.05) is 52.9 Å².